The minimum atomic E-state index is 0.335. The molecular weight excluding hydrogens is 468 g/mol. The van der Waals surface area contributed by atoms with Crippen molar-refractivity contribution in [2.75, 3.05) is 39.0 Å². The summed E-state index contributed by atoms with van der Waals surface area (Å²) < 4.78 is 2.13. The maximum Gasteiger partial charge on any atom is 0.164 e. The Hall–Kier alpha value is -2.88. The molecule has 0 amide bonds. The zero-order valence-corrected chi connectivity index (χ0v) is 21.9. The van der Waals surface area contributed by atoms with Gasteiger partial charge in [0.1, 0.15) is 22.8 Å². The molecule has 1 saturated heterocycles. The summed E-state index contributed by atoms with van der Waals surface area (Å²) in [5.41, 5.74) is 11.4. The van der Waals surface area contributed by atoms with Gasteiger partial charge in [-0.15, -0.1) is 11.3 Å². The van der Waals surface area contributed by atoms with Gasteiger partial charge in [0.2, 0.25) is 0 Å². The number of fused-ring (bicyclic) bond motifs is 1. The van der Waals surface area contributed by atoms with Gasteiger partial charge in [-0.2, -0.15) is 5.10 Å². The van der Waals surface area contributed by atoms with Crippen LogP contribution >= 0.6 is 11.3 Å². The Bertz CT molecular complexity index is 1330. The molecule has 6 rings (SSSR count). The first-order chi connectivity index (χ1) is 17.6. The van der Waals surface area contributed by atoms with E-state index in [4.69, 9.17) is 15.8 Å². The summed E-state index contributed by atoms with van der Waals surface area (Å²) in [6.45, 7) is 6.84. The van der Waals surface area contributed by atoms with Crippen LogP contribution in [0.4, 0.5) is 5.82 Å². The number of anilines is 1. The Kier molecular flexibility index (Phi) is 6.45. The second-order valence-electron chi connectivity index (χ2n) is 10.1. The van der Waals surface area contributed by atoms with Crippen LogP contribution in [0.25, 0.3) is 32.9 Å². The molecule has 36 heavy (non-hydrogen) atoms. The van der Waals surface area contributed by atoms with E-state index in [1.54, 1.807) is 17.7 Å². The monoisotopic (exact) mass is 502 g/mol. The third kappa shape index (κ3) is 4.40. The van der Waals surface area contributed by atoms with Gasteiger partial charge in [-0.05, 0) is 39.2 Å². The lowest BCUT2D eigenvalue weighted by Crippen LogP contribution is -2.49. The van der Waals surface area contributed by atoms with E-state index < -0.39 is 0 Å². The fourth-order valence-electron chi connectivity index (χ4n) is 5.68. The van der Waals surface area contributed by atoms with Crippen molar-refractivity contribution >= 4 is 28.2 Å². The summed E-state index contributed by atoms with van der Waals surface area (Å²) >= 11 is 1.69. The van der Waals surface area contributed by atoms with Crippen LogP contribution in [0.1, 0.15) is 44.3 Å². The van der Waals surface area contributed by atoms with Crippen molar-refractivity contribution in [3.8, 4) is 21.8 Å². The predicted octanol–water partition coefficient (Wildman–Crippen LogP) is 4.49. The first-order valence-corrected chi connectivity index (χ1v) is 13.9. The lowest BCUT2D eigenvalue weighted by molar-refractivity contribution is 0.0815. The molecule has 8 nitrogen and oxygen atoms in total. The fourth-order valence-corrected chi connectivity index (χ4v) is 6.59. The topological polar surface area (TPSA) is 89.0 Å². The minimum absolute atomic E-state index is 0.335. The van der Waals surface area contributed by atoms with Gasteiger partial charge in [-0.1, -0.05) is 31.2 Å². The number of aryl methyl sites for hydroxylation is 1. The molecule has 2 N–H and O–H groups in total. The largest absolute Gasteiger partial charge is 0.383 e. The Balaban J connectivity index is 1.26. The van der Waals surface area contributed by atoms with Crippen LogP contribution in [0.2, 0.25) is 0 Å². The molecule has 1 saturated carbocycles. The summed E-state index contributed by atoms with van der Waals surface area (Å²) in [5, 5.41) is 9.15. The van der Waals surface area contributed by atoms with Crippen molar-refractivity contribution < 1.29 is 0 Å². The molecular formula is C27H34N8S. The molecule has 1 aliphatic heterocycles. The van der Waals surface area contributed by atoms with Crippen molar-refractivity contribution in [3.05, 3.63) is 41.7 Å². The van der Waals surface area contributed by atoms with E-state index in [1.165, 1.54) is 39.0 Å². The van der Waals surface area contributed by atoms with Gasteiger partial charge in [0.15, 0.2) is 5.65 Å². The molecule has 4 heterocycles. The number of aromatic nitrogens is 5. The van der Waals surface area contributed by atoms with Crippen LogP contribution in [0.15, 0.2) is 36.0 Å². The minimum Gasteiger partial charge on any atom is -0.383 e. The summed E-state index contributed by atoms with van der Waals surface area (Å²) in [7, 11) is 2.22. The van der Waals surface area contributed by atoms with Crippen molar-refractivity contribution in [2.24, 2.45) is 0 Å². The Morgan fingerprint density at radius 1 is 0.944 bits per heavy atom. The molecule has 9 heteroatoms. The van der Waals surface area contributed by atoms with Gasteiger partial charge in [0.05, 0.1) is 17.1 Å². The number of benzene rings is 1. The number of nitrogens with two attached hydrogens (primary N) is 1. The fraction of sp³-hybridized carbons (Fsp3) is 0.481. The maximum absolute atomic E-state index is 6.38. The quantitative estimate of drug-likeness (QED) is 0.430. The lowest BCUT2D eigenvalue weighted by atomic mass is 9.90. The summed E-state index contributed by atoms with van der Waals surface area (Å²) in [5.74, 6) is 0.490. The number of piperazine rings is 1. The molecule has 0 spiro atoms. The van der Waals surface area contributed by atoms with E-state index in [1.807, 2.05) is 0 Å². The molecule has 0 unspecified atom stereocenters. The van der Waals surface area contributed by atoms with E-state index in [9.17, 15) is 0 Å². The number of hydrogen-bond acceptors (Lipinski definition) is 8. The average Bonchev–Trinajstić information content (AvgIpc) is 3.56. The molecule has 2 fully saturated rings. The lowest BCUT2D eigenvalue weighted by Gasteiger charge is -2.41. The summed E-state index contributed by atoms with van der Waals surface area (Å²) in [6.07, 6.45) is 7.14. The zero-order valence-electron chi connectivity index (χ0n) is 21.1. The number of thiazole rings is 1. The number of nitrogens with zero attached hydrogens (tertiary/aromatic N) is 7. The van der Waals surface area contributed by atoms with Crippen LogP contribution in [-0.2, 0) is 6.42 Å². The van der Waals surface area contributed by atoms with Crippen LogP contribution < -0.4 is 5.73 Å². The molecule has 0 bridgehead atoms. The van der Waals surface area contributed by atoms with Crippen LogP contribution in [0, 0.1) is 0 Å². The molecule has 2 aliphatic rings. The van der Waals surface area contributed by atoms with Gasteiger partial charge in [0, 0.05) is 48.7 Å². The smallest absolute Gasteiger partial charge is 0.164 e. The van der Waals surface area contributed by atoms with Gasteiger partial charge < -0.3 is 10.6 Å². The van der Waals surface area contributed by atoms with E-state index in [2.05, 4.69) is 68.1 Å². The SMILES string of the molecule is CCc1csc(-c2ccc(-c3nn(C4CCC(N5CCN(C)CC5)CC4)c4ncnc(N)c34)cc2)n1. The second kappa shape index (κ2) is 9.88. The van der Waals surface area contributed by atoms with Crippen molar-refractivity contribution in [1.29, 1.82) is 0 Å². The second-order valence-corrected chi connectivity index (χ2v) is 11.0. The standard InChI is InChI=1S/C27H34N8S/c1-3-20-16-36-27(31-20)19-6-4-18(5-7-19)24-23-25(28)29-17-30-26(23)35(32-24)22-10-8-21(9-11-22)34-14-12-33(2)13-15-34/h4-7,16-17,21-22H,3,8-15H2,1-2H3,(H2,28,29,30). The van der Waals surface area contributed by atoms with Gasteiger partial charge in [0.25, 0.3) is 0 Å². The third-order valence-electron chi connectivity index (χ3n) is 7.90. The average molecular weight is 503 g/mol. The normalized spacial score (nSPS) is 21.8. The van der Waals surface area contributed by atoms with E-state index in [-0.39, 0.29) is 0 Å². The van der Waals surface area contributed by atoms with Crippen LogP contribution in [0.5, 0.6) is 0 Å². The molecule has 0 atom stereocenters. The van der Waals surface area contributed by atoms with Gasteiger partial charge in [-0.3, -0.25) is 4.90 Å². The highest BCUT2D eigenvalue weighted by Crippen LogP contribution is 2.37. The van der Waals surface area contributed by atoms with Crippen LogP contribution in [-0.4, -0.2) is 73.8 Å². The number of likely N-dealkylation sites (N-methyl/N-ethyl adjacent to an activating group) is 1. The molecule has 1 aliphatic carbocycles. The number of hydrogen-bond donors (Lipinski definition) is 1. The van der Waals surface area contributed by atoms with Gasteiger partial charge >= 0.3 is 0 Å². The zero-order chi connectivity index (χ0) is 24.6. The molecule has 0 radical (unpaired) electrons. The molecule has 188 valence electrons. The molecule has 3 aromatic heterocycles. The highest BCUT2D eigenvalue weighted by atomic mass is 32.1. The van der Waals surface area contributed by atoms with Crippen molar-refractivity contribution in [2.45, 2.75) is 51.1 Å². The first kappa shape index (κ1) is 23.5. The van der Waals surface area contributed by atoms with E-state index >= 15 is 0 Å². The molecule has 1 aromatic carbocycles. The Labute approximate surface area is 216 Å². The highest BCUT2D eigenvalue weighted by molar-refractivity contribution is 7.13. The highest BCUT2D eigenvalue weighted by Gasteiger charge is 2.30. The Morgan fingerprint density at radius 2 is 1.64 bits per heavy atom. The summed E-state index contributed by atoms with van der Waals surface area (Å²) in [6, 6.07) is 9.50. The van der Waals surface area contributed by atoms with Gasteiger partial charge in [-0.25, -0.2) is 19.6 Å². The molecule has 4 aromatic rings. The van der Waals surface area contributed by atoms with E-state index in [0.717, 1.165) is 57.8 Å². The third-order valence-corrected chi connectivity index (χ3v) is 8.84. The van der Waals surface area contributed by atoms with Crippen molar-refractivity contribution in [1.82, 2.24) is 34.5 Å². The van der Waals surface area contributed by atoms with Crippen molar-refractivity contribution in [3.63, 3.8) is 0 Å². The van der Waals surface area contributed by atoms with E-state index in [0.29, 0.717) is 17.9 Å². The number of nitrogen functional groups attached to an aromatic ring is 1. The first-order valence-electron chi connectivity index (χ1n) is 13.1. The predicted molar refractivity (Wildman–Crippen MR) is 146 cm³/mol. The maximum atomic E-state index is 6.38. The van der Waals surface area contributed by atoms with Crippen LogP contribution in [0.3, 0.4) is 0 Å². The summed E-state index contributed by atoms with van der Waals surface area (Å²) in [4.78, 5) is 18.8. The number of rotatable bonds is 5. The Morgan fingerprint density at radius 3 is 2.33 bits per heavy atom.